The molecule has 0 aliphatic heterocycles. The van der Waals surface area contributed by atoms with Gasteiger partial charge in [0.2, 0.25) is 11.8 Å². The van der Waals surface area contributed by atoms with Gasteiger partial charge < -0.3 is 36.2 Å². The first-order valence-electron chi connectivity index (χ1n) is 20.6. The lowest BCUT2D eigenvalue weighted by Gasteiger charge is -2.24. The topological polar surface area (TPSA) is 154 Å². The molecular formula is C48H62N4O6. The van der Waals surface area contributed by atoms with Gasteiger partial charge in [-0.05, 0) is 95.7 Å². The highest BCUT2D eigenvalue weighted by Gasteiger charge is 2.28. The van der Waals surface area contributed by atoms with Crippen LogP contribution in [0.2, 0.25) is 0 Å². The number of phenolic OH excluding ortho intramolecular Hbond substituents is 1. The molecule has 0 heterocycles. The Hall–Kier alpha value is -5.45. The van der Waals surface area contributed by atoms with E-state index in [1.54, 1.807) is 24.1 Å². The van der Waals surface area contributed by atoms with Crippen LogP contribution in [0.1, 0.15) is 88.0 Å². The molecule has 310 valence electrons. The summed E-state index contributed by atoms with van der Waals surface area (Å²) in [5.74, 6) is 0.209. The molecule has 0 aromatic heterocycles. The molecule has 0 aliphatic rings. The number of nitrogens with two attached hydrogens (primary N) is 1. The van der Waals surface area contributed by atoms with E-state index in [0.717, 1.165) is 65.7 Å². The summed E-state index contributed by atoms with van der Waals surface area (Å²) >= 11 is 0. The fourth-order valence-electron chi connectivity index (χ4n) is 6.88. The van der Waals surface area contributed by atoms with E-state index in [1.807, 2.05) is 86.6 Å². The number of carbonyl (C=O) groups is 3. The quantitative estimate of drug-likeness (QED) is 0.0396. The molecule has 3 atom stereocenters. The Labute approximate surface area is 344 Å². The molecule has 0 saturated carbocycles. The van der Waals surface area contributed by atoms with Crippen molar-refractivity contribution in [2.45, 2.75) is 90.3 Å². The molecule has 0 aliphatic carbocycles. The van der Waals surface area contributed by atoms with Crippen LogP contribution in [-0.4, -0.2) is 77.8 Å². The summed E-state index contributed by atoms with van der Waals surface area (Å²) in [6, 6.07) is 33.5. The second kappa shape index (κ2) is 23.7. The first-order valence-corrected chi connectivity index (χ1v) is 20.6. The van der Waals surface area contributed by atoms with Crippen molar-refractivity contribution in [3.63, 3.8) is 0 Å². The predicted octanol–water partition coefficient (Wildman–Crippen LogP) is 7.13. The molecule has 4 aromatic carbocycles. The smallest absolute Gasteiger partial charge is 0.251 e. The third-order valence-corrected chi connectivity index (χ3v) is 10.1. The monoisotopic (exact) mass is 790 g/mol. The highest BCUT2D eigenvalue weighted by molar-refractivity contribution is 5.98. The Morgan fingerprint density at radius 3 is 2.00 bits per heavy atom. The van der Waals surface area contributed by atoms with Crippen LogP contribution in [0.25, 0.3) is 11.1 Å². The lowest BCUT2D eigenvalue weighted by atomic mass is 9.88. The van der Waals surface area contributed by atoms with Crippen LogP contribution in [-0.2, 0) is 20.8 Å². The number of aromatic hydroxyl groups is 1. The number of nitrogens with zero attached hydrogens (tertiary/aromatic N) is 1. The van der Waals surface area contributed by atoms with Gasteiger partial charge in [0.25, 0.3) is 5.91 Å². The van der Waals surface area contributed by atoms with Gasteiger partial charge in [-0.3, -0.25) is 14.4 Å². The zero-order valence-corrected chi connectivity index (χ0v) is 34.5. The summed E-state index contributed by atoms with van der Waals surface area (Å²) in [5.41, 5.74) is 12.6. The van der Waals surface area contributed by atoms with E-state index in [9.17, 15) is 24.6 Å². The average Bonchev–Trinajstić information content (AvgIpc) is 3.22. The third-order valence-electron chi connectivity index (χ3n) is 10.1. The molecule has 0 bridgehead atoms. The molecule has 0 fully saturated rings. The summed E-state index contributed by atoms with van der Waals surface area (Å²) < 4.78 is 6.03. The molecule has 0 saturated heterocycles. The van der Waals surface area contributed by atoms with Crippen LogP contribution < -0.4 is 21.1 Å². The lowest BCUT2D eigenvalue weighted by Crippen LogP contribution is -2.54. The number of amides is 3. The number of nitrogens with one attached hydrogen (secondary N) is 2. The SMILES string of the molecule is CCC(=C(c1ccc(O)cc1)c1ccc(OCCN(C)C(=O)CCCCCCNC(=O)[C@H](CC(C)C)NC(=O)[C@@H](O)[C@H](N)Cc2ccccc2)cc1)c1ccccc1. The molecule has 6 N–H and O–H groups in total. The Morgan fingerprint density at radius 1 is 0.776 bits per heavy atom. The first kappa shape index (κ1) is 45.3. The van der Waals surface area contributed by atoms with Gasteiger partial charge in [-0.2, -0.15) is 0 Å². The highest BCUT2D eigenvalue weighted by Crippen LogP contribution is 2.35. The van der Waals surface area contributed by atoms with Crippen molar-refractivity contribution in [2.24, 2.45) is 11.7 Å². The van der Waals surface area contributed by atoms with Gasteiger partial charge in [-0.15, -0.1) is 0 Å². The highest BCUT2D eigenvalue weighted by atomic mass is 16.5. The Kier molecular flexibility index (Phi) is 18.5. The van der Waals surface area contributed by atoms with Crippen LogP contribution in [0.3, 0.4) is 0 Å². The van der Waals surface area contributed by atoms with Crippen molar-refractivity contribution in [1.29, 1.82) is 0 Å². The predicted molar refractivity (Wildman–Crippen MR) is 232 cm³/mol. The summed E-state index contributed by atoms with van der Waals surface area (Å²) in [7, 11) is 1.79. The van der Waals surface area contributed by atoms with Crippen LogP contribution >= 0.6 is 0 Å². The fourth-order valence-corrected chi connectivity index (χ4v) is 6.88. The largest absolute Gasteiger partial charge is 0.508 e. The van der Waals surface area contributed by atoms with Gasteiger partial charge in [0.15, 0.2) is 0 Å². The molecule has 4 aromatic rings. The number of benzene rings is 4. The number of hydrogen-bond acceptors (Lipinski definition) is 7. The second-order valence-corrected chi connectivity index (χ2v) is 15.3. The van der Waals surface area contributed by atoms with Gasteiger partial charge in [-0.1, -0.05) is 119 Å². The number of carbonyl (C=O) groups excluding carboxylic acids is 3. The van der Waals surface area contributed by atoms with E-state index in [0.29, 0.717) is 39.0 Å². The average molecular weight is 791 g/mol. The van der Waals surface area contributed by atoms with Gasteiger partial charge in [-0.25, -0.2) is 0 Å². The minimum atomic E-state index is -1.44. The molecule has 4 rings (SSSR count). The van der Waals surface area contributed by atoms with E-state index in [-0.39, 0.29) is 23.5 Å². The Balaban J connectivity index is 1.15. The zero-order chi connectivity index (χ0) is 41.9. The minimum absolute atomic E-state index is 0.0573. The van der Waals surface area contributed by atoms with E-state index in [4.69, 9.17) is 10.5 Å². The van der Waals surface area contributed by atoms with Gasteiger partial charge in [0, 0.05) is 26.1 Å². The number of likely N-dealkylation sites (N-methyl/N-ethyl adjacent to an activating group) is 1. The van der Waals surface area contributed by atoms with E-state index >= 15 is 0 Å². The molecule has 10 heteroatoms. The van der Waals surface area contributed by atoms with Crippen molar-refractivity contribution in [2.75, 3.05) is 26.7 Å². The Morgan fingerprint density at radius 2 is 1.38 bits per heavy atom. The standard InChI is InChI=1S/C48H62N4O6/c1-5-41(36-18-12-9-13-19-36)45(37-21-25-39(53)26-22-37)38-23-27-40(28-24-38)58-31-30-52(4)44(54)20-14-6-7-15-29-50-47(56)43(32-34(2)3)51-48(57)46(55)42(49)33-35-16-10-8-11-17-35/h8-13,16-19,21-28,34,42-43,46,53,55H,5-7,14-15,20,29-33,49H2,1-4H3,(H,50,56)(H,51,57)/t42-,43+,46+/m1/s1. The second-order valence-electron chi connectivity index (χ2n) is 15.3. The number of aliphatic hydroxyl groups excluding tert-OH is 1. The zero-order valence-electron chi connectivity index (χ0n) is 34.5. The number of aliphatic hydroxyl groups is 1. The molecular weight excluding hydrogens is 729 g/mol. The van der Waals surface area contributed by atoms with Crippen molar-refractivity contribution in [3.8, 4) is 11.5 Å². The number of hydrogen-bond donors (Lipinski definition) is 5. The fraction of sp³-hybridized carbons (Fsp3) is 0.396. The third kappa shape index (κ3) is 14.5. The maximum atomic E-state index is 13.0. The molecule has 0 spiro atoms. The summed E-state index contributed by atoms with van der Waals surface area (Å²) in [4.78, 5) is 40.3. The summed E-state index contributed by atoms with van der Waals surface area (Å²) in [5, 5.41) is 26.1. The molecule has 10 nitrogen and oxygen atoms in total. The number of allylic oxidation sites excluding steroid dienone is 1. The van der Waals surface area contributed by atoms with Crippen molar-refractivity contribution in [1.82, 2.24) is 15.5 Å². The number of rotatable bonds is 23. The van der Waals surface area contributed by atoms with E-state index in [2.05, 4.69) is 41.8 Å². The summed E-state index contributed by atoms with van der Waals surface area (Å²) in [6.07, 6.45) is 3.77. The molecule has 3 amide bonds. The van der Waals surface area contributed by atoms with E-state index < -0.39 is 24.1 Å². The Bertz CT molecular complexity index is 1880. The van der Waals surface area contributed by atoms with Gasteiger partial charge >= 0.3 is 0 Å². The maximum absolute atomic E-state index is 13.0. The maximum Gasteiger partial charge on any atom is 0.251 e. The number of ether oxygens (including phenoxy) is 1. The van der Waals surface area contributed by atoms with Crippen LogP contribution in [0.15, 0.2) is 109 Å². The number of unbranched alkanes of at least 4 members (excludes halogenated alkanes) is 3. The van der Waals surface area contributed by atoms with Crippen molar-refractivity contribution < 1.29 is 29.3 Å². The van der Waals surface area contributed by atoms with Gasteiger partial charge in [0.1, 0.15) is 30.3 Å². The van der Waals surface area contributed by atoms with E-state index in [1.165, 1.54) is 5.57 Å². The van der Waals surface area contributed by atoms with Crippen LogP contribution in [0.4, 0.5) is 0 Å². The number of phenols is 1. The lowest BCUT2D eigenvalue weighted by molar-refractivity contribution is -0.135. The van der Waals surface area contributed by atoms with Crippen molar-refractivity contribution >= 4 is 28.9 Å². The molecule has 0 radical (unpaired) electrons. The first-order chi connectivity index (χ1) is 28.0. The summed E-state index contributed by atoms with van der Waals surface area (Å²) in [6.45, 7) is 7.37. The van der Waals surface area contributed by atoms with Crippen molar-refractivity contribution in [3.05, 3.63) is 131 Å². The van der Waals surface area contributed by atoms with Gasteiger partial charge in [0.05, 0.1) is 6.54 Å². The van der Waals surface area contributed by atoms with Crippen LogP contribution in [0, 0.1) is 5.92 Å². The molecule has 0 unspecified atom stereocenters. The molecule has 58 heavy (non-hydrogen) atoms. The minimum Gasteiger partial charge on any atom is -0.508 e. The van der Waals surface area contributed by atoms with Crippen LogP contribution in [0.5, 0.6) is 11.5 Å². The normalized spacial score (nSPS) is 13.2.